The third kappa shape index (κ3) is 3.45. The Bertz CT molecular complexity index is 171. The van der Waals surface area contributed by atoms with E-state index in [-0.39, 0.29) is 5.92 Å². The molecule has 0 heterocycles. The van der Waals surface area contributed by atoms with Crippen molar-refractivity contribution in [3.63, 3.8) is 0 Å². The van der Waals surface area contributed by atoms with Crippen molar-refractivity contribution in [2.45, 2.75) is 26.3 Å². The maximum atomic E-state index is 10.9. The largest absolute Gasteiger partial charge is 0.468 e. The van der Waals surface area contributed by atoms with Crippen LogP contribution in [-0.2, 0) is 9.53 Å². The summed E-state index contributed by atoms with van der Waals surface area (Å²) in [4.78, 5) is 10.9. The molecule has 0 saturated carbocycles. The summed E-state index contributed by atoms with van der Waals surface area (Å²) in [5.41, 5.74) is 5.32. The van der Waals surface area contributed by atoms with Gasteiger partial charge in [0, 0.05) is 1.37 Å². The van der Waals surface area contributed by atoms with Crippen LogP contribution in [0.25, 0.3) is 0 Å². The van der Waals surface area contributed by atoms with Gasteiger partial charge >= 0.3 is 5.97 Å². The van der Waals surface area contributed by atoms with E-state index in [1.807, 2.05) is 0 Å². The van der Waals surface area contributed by atoms with Gasteiger partial charge in [0.25, 0.3) is 0 Å². The maximum absolute atomic E-state index is 10.9. The molecule has 0 aliphatic heterocycles. The summed E-state index contributed by atoms with van der Waals surface area (Å²) < 4.78 is 19.1. The van der Waals surface area contributed by atoms with E-state index < -0.39 is 18.4 Å². The van der Waals surface area contributed by atoms with E-state index in [0.717, 1.165) is 7.11 Å². The lowest BCUT2D eigenvalue weighted by molar-refractivity contribution is -0.142. The van der Waals surface area contributed by atoms with E-state index in [0.29, 0.717) is 0 Å². The fraction of sp³-hybridized carbons (Fsp3) is 0.857. The Morgan fingerprint density at radius 1 is 1.90 bits per heavy atom. The predicted octanol–water partition coefficient (Wildman–Crippen LogP) is 0.533. The summed E-state index contributed by atoms with van der Waals surface area (Å²) >= 11 is 0. The lowest BCUT2D eigenvalue weighted by atomic mass is 10.1. The van der Waals surface area contributed by atoms with E-state index in [2.05, 4.69) is 4.74 Å². The second kappa shape index (κ2) is 4.28. The van der Waals surface area contributed by atoms with Gasteiger partial charge < -0.3 is 10.5 Å². The topological polar surface area (TPSA) is 52.3 Å². The Morgan fingerprint density at radius 2 is 2.40 bits per heavy atom. The molecule has 0 aromatic carbocycles. The first-order valence-electron chi connectivity index (χ1n) is 4.21. The number of esters is 1. The Morgan fingerprint density at radius 3 is 2.70 bits per heavy atom. The van der Waals surface area contributed by atoms with Crippen LogP contribution in [-0.4, -0.2) is 19.1 Å². The molecule has 3 heteroatoms. The minimum Gasteiger partial charge on any atom is -0.468 e. The van der Waals surface area contributed by atoms with Crippen molar-refractivity contribution < 1.29 is 12.3 Å². The minimum atomic E-state index is -1.96. The molecule has 0 saturated heterocycles. The van der Waals surface area contributed by atoms with Crippen LogP contribution in [0.3, 0.4) is 0 Å². The van der Waals surface area contributed by atoms with Crippen molar-refractivity contribution in [1.82, 2.24) is 0 Å². The average molecular weight is 147 g/mol. The molecular formula is C7H15NO2. The van der Waals surface area contributed by atoms with Crippen LogP contribution in [0.1, 0.15) is 23.0 Å². The van der Waals surface area contributed by atoms with E-state index in [9.17, 15) is 4.79 Å². The van der Waals surface area contributed by atoms with Crippen LogP contribution < -0.4 is 5.73 Å². The first kappa shape index (κ1) is 6.16. The lowest BCUT2D eigenvalue weighted by Crippen LogP contribution is -2.32. The highest BCUT2D eigenvalue weighted by molar-refractivity contribution is 5.75. The maximum Gasteiger partial charge on any atom is 0.322 e. The first-order chi connectivity index (χ1) is 5.34. The van der Waals surface area contributed by atoms with Crippen LogP contribution >= 0.6 is 0 Å². The first-order valence-corrected chi connectivity index (χ1v) is 3.13. The Kier molecular flexibility index (Phi) is 2.64. The monoisotopic (exact) mass is 147 g/mol. The van der Waals surface area contributed by atoms with Crippen molar-refractivity contribution in [3.05, 3.63) is 0 Å². The average Bonchev–Trinajstić information content (AvgIpc) is 2.01. The van der Waals surface area contributed by atoms with Crippen LogP contribution in [0, 0.1) is 5.92 Å². The summed E-state index contributed by atoms with van der Waals surface area (Å²) in [5, 5.41) is 0. The van der Waals surface area contributed by atoms with E-state index in [1.54, 1.807) is 13.8 Å². The Balaban J connectivity index is 4.48. The van der Waals surface area contributed by atoms with Gasteiger partial charge in [0.1, 0.15) is 6.02 Å². The molecule has 0 bridgehead atoms. The van der Waals surface area contributed by atoms with Gasteiger partial charge in [0.05, 0.1) is 8.48 Å². The van der Waals surface area contributed by atoms with Crippen molar-refractivity contribution in [1.29, 1.82) is 0 Å². The fourth-order valence-corrected chi connectivity index (χ4v) is 0.545. The normalized spacial score (nSPS) is 22.5. The molecule has 0 aliphatic rings. The van der Waals surface area contributed by atoms with Crippen LogP contribution in [0.5, 0.6) is 0 Å². The third-order valence-corrected chi connectivity index (χ3v) is 0.934. The van der Waals surface area contributed by atoms with Gasteiger partial charge in [-0.15, -0.1) is 0 Å². The van der Waals surface area contributed by atoms with Gasteiger partial charge in [-0.3, -0.25) is 4.79 Å². The molecule has 0 radical (unpaired) electrons. The zero-order valence-electron chi connectivity index (χ0n) is 8.55. The Labute approximate surface area is 64.4 Å². The number of hydrogen-bond acceptors (Lipinski definition) is 3. The number of methoxy groups -OCH3 is 1. The summed E-state index contributed by atoms with van der Waals surface area (Å²) in [7, 11) is 1.16. The molecule has 2 N–H and O–H groups in total. The molecule has 10 heavy (non-hydrogen) atoms. The van der Waals surface area contributed by atoms with Crippen molar-refractivity contribution in [2.24, 2.45) is 11.7 Å². The summed E-state index contributed by atoms with van der Waals surface area (Å²) in [6, 6.07) is -1.96. The highest BCUT2D eigenvalue weighted by atomic mass is 16.5. The molecule has 60 valence electrons. The van der Waals surface area contributed by atoms with Gasteiger partial charge in [0.2, 0.25) is 0 Å². The molecule has 0 fully saturated rings. The molecular weight excluding hydrogens is 130 g/mol. The number of carbonyl (C=O) groups is 1. The molecule has 3 nitrogen and oxygen atoms in total. The molecule has 0 aliphatic carbocycles. The van der Waals surface area contributed by atoms with Crippen LogP contribution in [0.2, 0.25) is 0 Å². The molecule has 0 amide bonds. The van der Waals surface area contributed by atoms with Crippen molar-refractivity contribution in [3.8, 4) is 0 Å². The standard InChI is InChI=1S/C7H15NO2/c1-5(2)4-6(8)7(9)10-3/h5-6H,4,8H2,1-3H3/t6-/m0/s1/i4D,6D/t4-,6-. The molecule has 0 spiro atoms. The zero-order chi connectivity index (χ0) is 9.94. The predicted molar refractivity (Wildman–Crippen MR) is 39.4 cm³/mol. The second-order valence-corrected chi connectivity index (χ2v) is 2.36. The smallest absolute Gasteiger partial charge is 0.322 e. The van der Waals surface area contributed by atoms with Gasteiger partial charge in [0.15, 0.2) is 0 Å². The van der Waals surface area contributed by atoms with Gasteiger partial charge in [-0.1, -0.05) is 13.8 Å². The third-order valence-electron chi connectivity index (χ3n) is 0.934. The highest BCUT2D eigenvalue weighted by Gasteiger charge is 2.14. The van der Waals surface area contributed by atoms with Crippen molar-refractivity contribution in [2.75, 3.05) is 7.11 Å². The molecule has 0 rings (SSSR count). The lowest BCUT2D eigenvalue weighted by Gasteiger charge is -2.10. The number of rotatable bonds is 3. The number of hydrogen-bond donors (Lipinski definition) is 1. The summed E-state index contributed by atoms with van der Waals surface area (Å²) in [6.07, 6.45) is -0.968. The molecule has 2 atom stereocenters. The zero-order valence-corrected chi connectivity index (χ0v) is 6.55. The number of nitrogens with two attached hydrogens (primary N) is 1. The SMILES string of the molecule is [2H][C@@H](C(C)C)[C@]([2H])(N)C(=O)OC. The summed E-state index contributed by atoms with van der Waals surface area (Å²) in [6.45, 7) is 3.47. The Hall–Kier alpha value is -0.570. The van der Waals surface area contributed by atoms with E-state index in [4.69, 9.17) is 8.48 Å². The molecule has 0 aromatic heterocycles. The number of ether oxygens (including phenoxy) is 1. The van der Waals surface area contributed by atoms with Crippen LogP contribution in [0.15, 0.2) is 0 Å². The molecule has 0 unspecified atom stereocenters. The van der Waals surface area contributed by atoms with Crippen LogP contribution in [0.4, 0.5) is 0 Å². The van der Waals surface area contributed by atoms with Gasteiger partial charge in [-0.05, 0) is 12.3 Å². The van der Waals surface area contributed by atoms with Gasteiger partial charge in [-0.25, -0.2) is 0 Å². The number of carbonyl (C=O) groups excluding carboxylic acids is 1. The highest BCUT2D eigenvalue weighted by Crippen LogP contribution is 2.02. The van der Waals surface area contributed by atoms with Gasteiger partial charge in [-0.2, -0.15) is 0 Å². The molecule has 0 aromatic rings. The van der Waals surface area contributed by atoms with E-state index >= 15 is 0 Å². The summed E-state index contributed by atoms with van der Waals surface area (Å²) in [5.74, 6) is -1.01. The second-order valence-electron chi connectivity index (χ2n) is 2.36. The van der Waals surface area contributed by atoms with E-state index in [1.165, 1.54) is 0 Å². The quantitative estimate of drug-likeness (QED) is 0.592. The van der Waals surface area contributed by atoms with Crippen molar-refractivity contribution >= 4 is 5.97 Å². The minimum absolute atomic E-state index is 0.147. The fourth-order valence-electron chi connectivity index (χ4n) is 0.545.